The Labute approximate surface area is 187 Å². The van der Waals surface area contributed by atoms with Gasteiger partial charge in [-0.2, -0.15) is 0 Å². The average Bonchev–Trinajstić information content (AvgIpc) is 3.30. The molecule has 0 aliphatic carbocycles. The number of anilines is 1. The Kier molecular flexibility index (Phi) is 7.46. The number of carbonyl (C=O) groups excluding carboxylic acids is 1. The predicted molar refractivity (Wildman–Crippen MR) is 119 cm³/mol. The van der Waals surface area contributed by atoms with E-state index in [4.69, 9.17) is 16.3 Å². The molecular weight excluding hydrogens is 444 g/mol. The lowest BCUT2D eigenvalue weighted by atomic mass is 10.3. The highest BCUT2D eigenvalue weighted by Crippen LogP contribution is 2.30. The zero-order valence-corrected chi connectivity index (χ0v) is 19.1. The van der Waals surface area contributed by atoms with E-state index >= 15 is 0 Å². The molecule has 0 saturated carbocycles. The number of allylic oxidation sites excluding steroid dienone is 1. The van der Waals surface area contributed by atoms with E-state index in [2.05, 4.69) is 32.3 Å². The highest BCUT2D eigenvalue weighted by atomic mass is 35.5. The number of halogens is 1. The molecule has 1 amide bonds. The minimum Gasteiger partial charge on any atom is -0.481 e. The van der Waals surface area contributed by atoms with E-state index < -0.39 is 11.4 Å². The number of aryl methyl sites for hydroxylation is 1. The van der Waals surface area contributed by atoms with Gasteiger partial charge in [-0.05, 0) is 32.9 Å². The largest absolute Gasteiger partial charge is 0.481 e. The molecule has 1 aromatic carbocycles. The SMILES string of the molecule is C=CCn1c(SC(C)C(=O)Nc2nnc(C)s2)nnc1C(C)Oc1ccccc1Cl. The first-order valence-electron chi connectivity index (χ1n) is 9.11. The topological polar surface area (TPSA) is 94.8 Å². The van der Waals surface area contributed by atoms with Crippen LogP contribution in [0.3, 0.4) is 0 Å². The Morgan fingerprint density at radius 1 is 1.33 bits per heavy atom. The number of para-hydroxylation sites is 1. The van der Waals surface area contributed by atoms with Crippen LogP contribution in [0.5, 0.6) is 5.75 Å². The van der Waals surface area contributed by atoms with Crippen molar-refractivity contribution in [2.24, 2.45) is 0 Å². The normalized spacial score (nSPS) is 12.9. The molecule has 30 heavy (non-hydrogen) atoms. The molecule has 3 rings (SSSR count). The maximum absolute atomic E-state index is 12.5. The van der Waals surface area contributed by atoms with Crippen molar-refractivity contribution in [1.82, 2.24) is 25.0 Å². The Hall–Kier alpha value is -2.43. The summed E-state index contributed by atoms with van der Waals surface area (Å²) in [6, 6.07) is 7.25. The van der Waals surface area contributed by atoms with Crippen molar-refractivity contribution in [2.75, 3.05) is 5.32 Å². The maximum atomic E-state index is 12.5. The van der Waals surface area contributed by atoms with Crippen LogP contribution in [0, 0.1) is 6.92 Å². The van der Waals surface area contributed by atoms with Crippen molar-refractivity contribution in [3.05, 3.63) is 52.8 Å². The number of nitrogens with one attached hydrogen (secondary N) is 1. The monoisotopic (exact) mass is 464 g/mol. The Morgan fingerprint density at radius 2 is 2.10 bits per heavy atom. The molecule has 0 bridgehead atoms. The molecular formula is C19H21ClN6O2S2. The minimum absolute atomic E-state index is 0.189. The molecule has 0 saturated heterocycles. The summed E-state index contributed by atoms with van der Waals surface area (Å²) in [5.74, 6) is 0.991. The van der Waals surface area contributed by atoms with E-state index in [-0.39, 0.29) is 5.91 Å². The van der Waals surface area contributed by atoms with Gasteiger partial charge in [0.2, 0.25) is 11.0 Å². The molecule has 2 aromatic heterocycles. The molecule has 2 heterocycles. The average molecular weight is 465 g/mol. The second-order valence-electron chi connectivity index (χ2n) is 6.31. The van der Waals surface area contributed by atoms with Crippen LogP contribution in [-0.4, -0.2) is 36.1 Å². The molecule has 2 atom stereocenters. The molecule has 0 spiro atoms. The van der Waals surface area contributed by atoms with Crippen molar-refractivity contribution in [3.8, 4) is 5.75 Å². The molecule has 0 fully saturated rings. The number of benzene rings is 1. The Morgan fingerprint density at radius 3 is 2.77 bits per heavy atom. The van der Waals surface area contributed by atoms with E-state index in [9.17, 15) is 4.79 Å². The molecule has 0 radical (unpaired) electrons. The molecule has 1 N–H and O–H groups in total. The summed E-state index contributed by atoms with van der Waals surface area (Å²) in [5.41, 5.74) is 0. The van der Waals surface area contributed by atoms with Gasteiger partial charge < -0.3 is 4.74 Å². The van der Waals surface area contributed by atoms with E-state index in [0.717, 1.165) is 5.01 Å². The van der Waals surface area contributed by atoms with E-state index in [1.807, 2.05) is 30.5 Å². The second kappa shape index (κ2) is 10.1. The lowest BCUT2D eigenvalue weighted by molar-refractivity contribution is -0.115. The molecule has 3 aromatic rings. The first-order valence-corrected chi connectivity index (χ1v) is 11.2. The summed E-state index contributed by atoms with van der Waals surface area (Å²) in [7, 11) is 0. The third kappa shape index (κ3) is 5.38. The Balaban J connectivity index is 1.73. The van der Waals surface area contributed by atoms with Crippen LogP contribution in [0.15, 0.2) is 42.1 Å². The van der Waals surface area contributed by atoms with E-state index in [0.29, 0.717) is 33.4 Å². The van der Waals surface area contributed by atoms with Crippen molar-refractivity contribution in [1.29, 1.82) is 0 Å². The number of nitrogens with zero attached hydrogens (tertiary/aromatic N) is 5. The van der Waals surface area contributed by atoms with Crippen molar-refractivity contribution in [3.63, 3.8) is 0 Å². The van der Waals surface area contributed by atoms with Gasteiger partial charge in [-0.3, -0.25) is 14.7 Å². The number of rotatable bonds is 9. The molecule has 2 unspecified atom stereocenters. The fraction of sp³-hybridized carbons (Fsp3) is 0.316. The van der Waals surface area contributed by atoms with Gasteiger partial charge in [0, 0.05) is 6.54 Å². The number of amides is 1. The summed E-state index contributed by atoms with van der Waals surface area (Å²) >= 11 is 8.81. The van der Waals surface area contributed by atoms with Crippen LogP contribution in [-0.2, 0) is 11.3 Å². The quantitative estimate of drug-likeness (QED) is 0.367. The number of thioether (sulfide) groups is 1. The van der Waals surface area contributed by atoms with Gasteiger partial charge in [-0.1, -0.05) is 52.9 Å². The Bertz CT molecular complexity index is 1040. The summed E-state index contributed by atoms with van der Waals surface area (Å²) in [6.45, 7) is 9.78. The van der Waals surface area contributed by atoms with Gasteiger partial charge >= 0.3 is 0 Å². The fourth-order valence-electron chi connectivity index (χ4n) is 2.54. The second-order valence-corrected chi connectivity index (χ2v) is 9.20. The lowest BCUT2D eigenvalue weighted by Crippen LogP contribution is -2.23. The van der Waals surface area contributed by atoms with Crippen LogP contribution in [0.1, 0.15) is 30.8 Å². The molecule has 158 valence electrons. The summed E-state index contributed by atoms with van der Waals surface area (Å²) in [6.07, 6.45) is 1.34. The smallest absolute Gasteiger partial charge is 0.239 e. The molecule has 8 nitrogen and oxygen atoms in total. The number of carbonyl (C=O) groups is 1. The van der Waals surface area contributed by atoms with Gasteiger partial charge in [-0.25, -0.2) is 0 Å². The van der Waals surface area contributed by atoms with Crippen LogP contribution < -0.4 is 10.1 Å². The highest BCUT2D eigenvalue weighted by Gasteiger charge is 2.24. The van der Waals surface area contributed by atoms with Crippen molar-refractivity contribution < 1.29 is 9.53 Å². The van der Waals surface area contributed by atoms with Gasteiger partial charge in [0.1, 0.15) is 10.8 Å². The number of aromatic nitrogens is 5. The van der Waals surface area contributed by atoms with Crippen LogP contribution >= 0.6 is 34.7 Å². The van der Waals surface area contributed by atoms with Crippen LogP contribution in [0.25, 0.3) is 0 Å². The van der Waals surface area contributed by atoms with Gasteiger partial charge in [-0.15, -0.1) is 27.0 Å². The minimum atomic E-state index is -0.422. The van der Waals surface area contributed by atoms with Gasteiger partial charge in [0.05, 0.1) is 10.3 Å². The maximum Gasteiger partial charge on any atom is 0.239 e. The van der Waals surface area contributed by atoms with Crippen LogP contribution in [0.2, 0.25) is 5.02 Å². The zero-order valence-electron chi connectivity index (χ0n) is 16.7. The summed E-state index contributed by atoms with van der Waals surface area (Å²) < 4.78 is 7.85. The summed E-state index contributed by atoms with van der Waals surface area (Å²) in [5, 5.41) is 21.1. The first-order chi connectivity index (χ1) is 14.4. The van der Waals surface area contributed by atoms with E-state index in [1.165, 1.54) is 23.1 Å². The zero-order chi connectivity index (χ0) is 21.7. The van der Waals surface area contributed by atoms with Gasteiger partial charge in [0.25, 0.3) is 0 Å². The van der Waals surface area contributed by atoms with Crippen molar-refractivity contribution >= 4 is 45.7 Å². The fourth-order valence-corrected chi connectivity index (χ4v) is 4.18. The summed E-state index contributed by atoms with van der Waals surface area (Å²) in [4.78, 5) is 12.5. The highest BCUT2D eigenvalue weighted by molar-refractivity contribution is 8.00. The van der Waals surface area contributed by atoms with Crippen molar-refractivity contribution in [2.45, 2.75) is 43.8 Å². The molecule has 0 aliphatic heterocycles. The molecule has 11 heteroatoms. The third-order valence-corrected chi connectivity index (χ3v) is 6.12. The lowest BCUT2D eigenvalue weighted by Gasteiger charge is -2.17. The van der Waals surface area contributed by atoms with Crippen LogP contribution in [0.4, 0.5) is 5.13 Å². The predicted octanol–water partition coefficient (Wildman–Crippen LogP) is 4.54. The number of hydrogen-bond acceptors (Lipinski definition) is 8. The van der Waals surface area contributed by atoms with E-state index in [1.54, 1.807) is 25.1 Å². The first kappa shape index (κ1) is 22.3. The van der Waals surface area contributed by atoms with Gasteiger partial charge in [0.15, 0.2) is 17.1 Å². The molecule has 0 aliphatic rings. The number of hydrogen-bond donors (Lipinski definition) is 1. The third-order valence-electron chi connectivity index (χ3n) is 3.97. The standard InChI is InChI=1S/C19H21ClN6O2S2/c1-5-10-26-16(11(2)28-15-9-7-6-8-14(15)20)23-25-19(26)29-12(3)17(27)21-18-24-22-13(4)30-18/h5-9,11-12H,1,10H2,2-4H3,(H,21,24,27). The number of ether oxygens (including phenoxy) is 1.